The fourth-order valence-corrected chi connectivity index (χ4v) is 2.33. The maximum Gasteiger partial charge on any atom is 0.339 e. The number of rotatable bonds is 8. The normalized spacial score (nSPS) is 21.2. The molecule has 4 heteroatoms. The molecule has 1 unspecified atom stereocenters. The lowest BCUT2D eigenvalue weighted by atomic mass is 9.98. The van der Waals surface area contributed by atoms with Gasteiger partial charge in [0, 0.05) is 5.57 Å². The number of aliphatic hydroxyl groups excluding tert-OH is 2. The van der Waals surface area contributed by atoms with Crippen molar-refractivity contribution in [3.63, 3.8) is 0 Å². The zero-order valence-electron chi connectivity index (χ0n) is 12.2. The molecule has 1 aliphatic rings. The van der Waals surface area contributed by atoms with Crippen molar-refractivity contribution in [1.82, 2.24) is 0 Å². The number of cyclic esters (lactones) is 1. The van der Waals surface area contributed by atoms with Gasteiger partial charge in [-0.2, -0.15) is 0 Å². The lowest BCUT2D eigenvalue weighted by molar-refractivity contribution is -0.152. The predicted molar refractivity (Wildman–Crippen MR) is 73.3 cm³/mol. The number of hydrogen-bond donors (Lipinski definition) is 2. The van der Waals surface area contributed by atoms with E-state index in [2.05, 4.69) is 18.6 Å². The van der Waals surface area contributed by atoms with E-state index >= 15 is 0 Å². The van der Waals surface area contributed by atoms with Gasteiger partial charge >= 0.3 is 5.97 Å². The minimum atomic E-state index is -1.18. The first-order chi connectivity index (χ1) is 8.93. The van der Waals surface area contributed by atoms with Crippen LogP contribution in [0.25, 0.3) is 0 Å². The molecule has 0 radical (unpaired) electrons. The van der Waals surface area contributed by atoms with Gasteiger partial charge in [0.1, 0.15) is 0 Å². The van der Waals surface area contributed by atoms with Crippen LogP contribution in [0.5, 0.6) is 0 Å². The highest BCUT2D eigenvalue weighted by Crippen LogP contribution is 2.25. The van der Waals surface area contributed by atoms with Gasteiger partial charge in [0.2, 0.25) is 6.29 Å². The molecule has 1 heterocycles. The van der Waals surface area contributed by atoms with E-state index < -0.39 is 18.4 Å². The second-order valence-electron chi connectivity index (χ2n) is 5.76. The molecule has 1 rings (SSSR count). The molecule has 0 amide bonds. The van der Waals surface area contributed by atoms with Crippen LogP contribution in [0.3, 0.4) is 0 Å². The summed E-state index contributed by atoms with van der Waals surface area (Å²) in [5.41, 5.74) is 0.687. The van der Waals surface area contributed by atoms with E-state index in [1.807, 2.05) is 0 Å². The number of unbranched alkanes of at least 4 members (excludes halogenated alkanes) is 3. The van der Waals surface area contributed by atoms with Gasteiger partial charge in [0.05, 0.1) is 11.7 Å². The van der Waals surface area contributed by atoms with Crippen LogP contribution in [-0.2, 0) is 9.53 Å². The van der Waals surface area contributed by atoms with Crippen LogP contribution in [-0.4, -0.2) is 28.6 Å². The van der Waals surface area contributed by atoms with E-state index in [4.69, 9.17) is 0 Å². The molecular formula is C15H26O4. The first kappa shape index (κ1) is 16.2. The van der Waals surface area contributed by atoms with Gasteiger partial charge in [0.25, 0.3) is 0 Å². The fourth-order valence-electron chi connectivity index (χ4n) is 2.33. The highest BCUT2D eigenvalue weighted by molar-refractivity contribution is 5.92. The lowest BCUT2D eigenvalue weighted by Gasteiger charge is -2.10. The standard InChI is InChI=1S/C15H26O4/c1-10(2)8-6-4-5-7-9-12(16)13-11(3)14(17)19-15(13)18/h10,12,14,16-17H,4-9H2,1-3H3/t12-,14?/m1/s1. The van der Waals surface area contributed by atoms with E-state index in [-0.39, 0.29) is 5.57 Å². The third kappa shape index (κ3) is 4.96. The van der Waals surface area contributed by atoms with Crippen molar-refractivity contribution in [2.24, 2.45) is 5.92 Å². The number of hydrogen-bond acceptors (Lipinski definition) is 4. The number of carbonyl (C=O) groups is 1. The minimum Gasteiger partial charge on any atom is -0.428 e. The second-order valence-corrected chi connectivity index (χ2v) is 5.76. The molecule has 2 N–H and O–H groups in total. The predicted octanol–water partition coefficient (Wildman–Crippen LogP) is 2.54. The third-order valence-electron chi connectivity index (χ3n) is 3.58. The SMILES string of the molecule is CC1=C([C@H](O)CCCCCCC(C)C)C(=O)OC1O. The average molecular weight is 270 g/mol. The van der Waals surface area contributed by atoms with Gasteiger partial charge in [-0.1, -0.05) is 46.0 Å². The van der Waals surface area contributed by atoms with Gasteiger partial charge in [0.15, 0.2) is 0 Å². The van der Waals surface area contributed by atoms with Crippen LogP contribution < -0.4 is 0 Å². The summed E-state index contributed by atoms with van der Waals surface area (Å²) in [7, 11) is 0. The number of esters is 1. The smallest absolute Gasteiger partial charge is 0.339 e. The Morgan fingerprint density at radius 2 is 1.74 bits per heavy atom. The van der Waals surface area contributed by atoms with Crippen LogP contribution in [0.2, 0.25) is 0 Å². The number of aliphatic hydroxyl groups is 2. The van der Waals surface area contributed by atoms with Crippen molar-refractivity contribution < 1.29 is 19.7 Å². The highest BCUT2D eigenvalue weighted by Gasteiger charge is 2.33. The summed E-state index contributed by atoms with van der Waals surface area (Å²) < 4.78 is 4.66. The summed E-state index contributed by atoms with van der Waals surface area (Å²) >= 11 is 0. The molecule has 0 spiro atoms. The first-order valence-electron chi connectivity index (χ1n) is 7.21. The monoisotopic (exact) mass is 270 g/mol. The van der Waals surface area contributed by atoms with Gasteiger partial charge in [-0.05, 0) is 19.3 Å². The highest BCUT2D eigenvalue weighted by atomic mass is 16.6. The van der Waals surface area contributed by atoms with Gasteiger partial charge in [-0.15, -0.1) is 0 Å². The molecular weight excluding hydrogens is 244 g/mol. The summed E-state index contributed by atoms with van der Waals surface area (Å²) in [5.74, 6) is 0.158. The Hall–Kier alpha value is -0.870. The Morgan fingerprint density at radius 1 is 1.16 bits per heavy atom. The van der Waals surface area contributed by atoms with Crippen molar-refractivity contribution in [1.29, 1.82) is 0 Å². The van der Waals surface area contributed by atoms with Gasteiger partial charge in [-0.3, -0.25) is 0 Å². The molecule has 2 atom stereocenters. The van der Waals surface area contributed by atoms with Crippen molar-refractivity contribution in [3.8, 4) is 0 Å². The number of carbonyl (C=O) groups excluding carboxylic acids is 1. The molecule has 0 aromatic rings. The molecule has 4 nitrogen and oxygen atoms in total. The minimum absolute atomic E-state index is 0.245. The summed E-state index contributed by atoms with van der Waals surface area (Å²) in [5, 5.41) is 19.4. The van der Waals surface area contributed by atoms with Crippen LogP contribution in [0.1, 0.15) is 59.3 Å². The first-order valence-corrected chi connectivity index (χ1v) is 7.21. The zero-order chi connectivity index (χ0) is 14.4. The molecule has 0 bridgehead atoms. The van der Waals surface area contributed by atoms with Crippen molar-refractivity contribution in [3.05, 3.63) is 11.1 Å². The Bertz CT molecular complexity index is 333. The average Bonchev–Trinajstić information content (AvgIpc) is 2.57. The Morgan fingerprint density at radius 3 is 2.21 bits per heavy atom. The molecule has 0 aliphatic carbocycles. The Labute approximate surface area is 115 Å². The summed E-state index contributed by atoms with van der Waals surface area (Å²) in [6.07, 6.45) is 4.14. The molecule has 0 saturated carbocycles. The van der Waals surface area contributed by atoms with Crippen LogP contribution >= 0.6 is 0 Å². The quantitative estimate of drug-likeness (QED) is 0.525. The maximum absolute atomic E-state index is 11.4. The molecule has 1 aliphatic heterocycles. The van der Waals surface area contributed by atoms with Crippen LogP contribution in [0.15, 0.2) is 11.1 Å². The maximum atomic E-state index is 11.4. The Kier molecular flexibility index (Phi) is 6.52. The fraction of sp³-hybridized carbons (Fsp3) is 0.800. The lowest BCUT2D eigenvalue weighted by Crippen LogP contribution is -2.16. The van der Waals surface area contributed by atoms with E-state index in [1.165, 1.54) is 12.8 Å². The molecule has 0 aromatic carbocycles. The molecule has 0 saturated heterocycles. The largest absolute Gasteiger partial charge is 0.428 e. The topological polar surface area (TPSA) is 66.8 Å². The molecule has 0 aromatic heterocycles. The van der Waals surface area contributed by atoms with Crippen molar-refractivity contribution >= 4 is 5.97 Å². The second kappa shape index (κ2) is 7.65. The van der Waals surface area contributed by atoms with Crippen molar-refractivity contribution in [2.75, 3.05) is 0 Å². The molecule has 0 fully saturated rings. The van der Waals surface area contributed by atoms with Gasteiger partial charge < -0.3 is 14.9 Å². The summed E-state index contributed by atoms with van der Waals surface area (Å²) in [4.78, 5) is 11.4. The zero-order valence-corrected chi connectivity index (χ0v) is 12.2. The van der Waals surface area contributed by atoms with Crippen LogP contribution in [0.4, 0.5) is 0 Å². The Balaban J connectivity index is 2.25. The van der Waals surface area contributed by atoms with Crippen LogP contribution in [0, 0.1) is 5.92 Å². The van der Waals surface area contributed by atoms with E-state index in [0.29, 0.717) is 12.0 Å². The molecule has 110 valence electrons. The summed E-state index contributed by atoms with van der Waals surface area (Å²) in [6.45, 7) is 6.06. The van der Waals surface area contributed by atoms with E-state index in [9.17, 15) is 15.0 Å². The molecule has 19 heavy (non-hydrogen) atoms. The van der Waals surface area contributed by atoms with Crippen molar-refractivity contribution in [2.45, 2.75) is 71.7 Å². The van der Waals surface area contributed by atoms with E-state index in [1.54, 1.807) is 6.92 Å². The van der Waals surface area contributed by atoms with E-state index in [0.717, 1.165) is 25.2 Å². The summed E-state index contributed by atoms with van der Waals surface area (Å²) in [6, 6.07) is 0. The number of ether oxygens (including phenoxy) is 1. The van der Waals surface area contributed by atoms with Gasteiger partial charge in [-0.25, -0.2) is 4.79 Å². The third-order valence-corrected chi connectivity index (χ3v) is 3.58.